The molecule has 3 rings (SSSR count). The van der Waals surface area contributed by atoms with Gasteiger partial charge in [0.25, 0.3) is 0 Å². The zero-order valence-electron chi connectivity index (χ0n) is 17.6. The molecule has 0 fully saturated rings. The highest BCUT2D eigenvalue weighted by molar-refractivity contribution is 5.63. The van der Waals surface area contributed by atoms with Crippen LogP contribution in [0.1, 0.15) is 46.6 Å². The van der Waals surface area contributed by atoms with E-state index in [9.17, 15) is 5.11 Å². The van der Waals surface area contributed by atoms with Crippen molar-refractivity contribution >= 4 is 0 Å². The van der Waals surface area contributed by atoms with E-state index in [1.165, 1.54) is 11.1 Å². The fraction of sp³-hybridized carbons (Fsp3) is 0.308. The highest BCUT2D eigenvalue weighted by Crippen LogP contribution is 2.36. The average Bonchev–Trinajstić information content (AvgIpc) is 2.62. The highest BCUT2D eigenvalue weighted by Gasteiger charge is 2.26. The summed E-state index contributed by atoms with van der Waals surface area (Å²) in [4.78, 5) is 0. The minimum Gasteiger partial charge on any atom is -0.508 e. The van der Waals surface area contributed by atoms with E-state index < -0.39 is 0 Å². The molecular weight excluding hydrogens is 344 g/mol. The van der Waals surface area contributed by atoms with Crippen molar-refractivity contribution in [3.63, 3.8) is 0 Å². The number of benzene rings is 3. The average molecular weight is 377 g/mol. The first-order valence-corrected chi connectivity index (χ1v) is 9.71. The Morgan fingerprint density at radius 3 is 1.46 bits per heavy atom. The number of hydrogen-bond acceptors (Lipinski definition) is 2. The normalized spacial score (nSPS) is 11.5. The van der Waals surface area contributed by atoms with Crippen LogP contribution in [-0.4, -0.2) is 10.2 Å². The lowest BCUT2D eigenvalue weighted by molar-refractivity contribution is 0.284. The largest absolute Gasteiger partial charge is 0.508 e. The van der Waals surface area contributed by atoms with Crippen molar-refractivity contribution in [3.05, 3.63) is 84.4 Å². The molecule has 0 aliphatic carbocycles. The van der Waals surface area contributed by atoms with Gasteiger partial charge in [0.2, 0.25) is 0 Å². The molecule has 0 aliphatic heterocycles. The molecule has 0 aromatic heterocycles. The second kappa shape index (κ2) is 8.97. The fourth-order valence-electron chi connectivity index (χ4n) is 3.62. The summed E-state index contributed by atoms with van der Waals surface area (Å²) in [7, 11) is 0. The Labute approximate surface area is 169 Å². The zero-order chi connectivity index (χ0) is 20.8. The summed E-state index contributed by atoms with van der Waals surface area (Å²) in [5.74, 6) is 0.644. The Balaban J connectivity index is 0.000000202. The Bertz CT molecular complexity index is 840. The molecule has 3 aromatic carbocycles. The van der Waals surface area contributed by atoms with Crippen molar-refractivity contribution < 1.29 is 10.2 Å². The molecule has 0 radical (unpaired) electrons. The van der Waals surface area contributed by atoms with E-state index in [4.69, 9.17) is 5.11 Å². The summed E-state index contributed by atoms with van der Waals surface area (Å²) in [6.45, 7) is 11.3. The van der Waals surface area contributed by atoms with Gasteiger partial charge in [-0.25, -0.2) is 0 Å². The van der Waals surface area contributed by atoms with Crippen molar-refractivity contribution in [1.82, 2.24) is 0 Å². The van der Waals surface area contributed by atoms with Crippen LogP contribution in [0.15, 0.2) is 78.9 Å². The van der Waals surface area contributed by atoms with Gasteiger partial charge in [0, 0.05) is 0 Å². The third-order valence-corrected chi connectivity index (χ3v) is 4.60. The molecule has 3 aromatic rings. The highest BCUT2D eigenvalue weighted by atomic mass is 16.3. The maximum absolute atomic E-state index is 9.25. The van der Waals surface area contributed by atoms with E-state index in [0.29, 0.717) is 16.9 Å². The standard InChI is InChI=1S/C14H22O.C12H10O/c1-13(2,3)10-14(4,5)11-6-8-12(15)9-7-11;13-12-8-6-11(7-9-12)10-4-2-1-3-5-10/h6-9,15H,10H2,1-5H3;1-9,13H. The lowest BCUT2D eigenvalue weighted by atomic mass is 9.72. The number of hydrogen-bond donors (Lipinski definition) is 2. The Morgan fingerprint density at radius 2 is 1.00 bits per heavy atom. The van der Waals surface area contributed by atoms with Gasteiger partial charge in [-0.05, 0) is 58.2 Å². The summed E-state index contributed by atoms with van der Waals surface area (Å²) in [5, 5.41) is 18.4. The molecule has 0 bridgehead atoms. The Morgan fingerprint density at radius 1 is 0.571 bits per heavy atom. The fourth-order valence-corrected chi connectivity index (χ4v) is 3.62. The van der Waals surface area contributed by atoms with Gasteiger partial charge in [-0.2, -0.15) is 0 Å². The molecule has 0 atom stereocenters. The van der Waals surface area contributed by atoms with Crippen molar-refractivity contribution in [3.8, 4) is 22.6 Å². The molecule has 0 saturated carbocycles. The Hall–Kier alpha value is -2.74. The van der Waals surface area contributed by atoms with E-state index in [0.717, 1.165) is 12.0 Å². The van der Waals surface area contributed by atoms with Crippen LogP contribution < -0.4 is 0 Å². The van der Waals surface area contributed by atoms with Crippen LogP contribution in [0, 0.1) is 5.41 Å². The van der Waals surface area contributed by atoms with Crippen LogP contribution in [0.25, 0.3) is 11.1 Å². The summed E-state index contributed by atoms with van der Waals surface area (Å²) in [6.07, 6.45) is 1.13. The molecule has 0 aliphatic rings. The summed E-state index contributed by atoms with van der Waals surface area (Å²) < 4.78 is 0. The van der Waals surface area contributed by atoms with Crippen molar-refractivity contribution in [2.24, 2.45) is 5.41 Å². The molecule has 0 heterocycles. The minimum atomic E-state index is 0.159. The van der Waals surface area contributed by atoms with E-state index >= 15 is 0 Å². The lowest BCUT2D eigenvalue weighted by Crippen LogP contribution is -2.24. The second-order valence-corrected chi connectivity index (χ2v) is 9.08. The first-order chi connectivity index (χ1) is 13.1. The minimum absolute atomic E-state index is 0.159. The quantitative estimate of drug-likeness (QED) is 0.509. The number of aromatic hydroxyl groups is 2. The van der Waals surface area contributed by atoms with Crippen LogP contribution in [-0.2, 0) is 5.41 Å². The Kier molecular flexibility index (Phi) is 6.90. The number of rotatable bonds is 3. The molecule has 2 N–H and O–H groups in total. The van der Waals surface area contributed by atoms with Crippen LogP contribution in [0.3, 0.4) is 0 Å². The topological polar surface area (TPSA) is 40.5 Å². The van der Waals surface area contributed by atoms with Crippen molar-refractivity contribution in [2.75, 3.05) is 0 Å². The van der Waals surface area contributed by atoms with Crippen LogP contribution in [0.4, 0.5) is 0 Å². The summed E-state index contributed by atoms with van der Waals surface area (Å²) in [5.41, 5.74) is 4.06. The molecule has 148 valence electrons. The molecule has 0 spiro atoms. The number of phenolic OH excluding ortho intramolecular Hbond substituents is 2. The SMILES string of the molecule is CC(C)(C)CC(C)(C)c1ccc(O)cc1.Oc1ccc(-c2ccccc2)cc1. The van der Waals surface area contributed by atoms with Gasteiger partial charge in [0.1, 0.15) is 11.5 Å². The molecule has 0 saturated heterocycles. The van der Waals surface area contributed by atoms with Crippen LogP contribution in [0.5, 0.6) is 11.5 Å². The summed E-state index contributed by atoms with van der Waals surface area (Å²) >= 11 is 0. The molecule has 0 unspecified atom stereocenters. The van der Waals surface area contributed by atoms with Gasteiger partial charge in [-0.3, -0.25) is 0 Å². The molecule has 28 heavy (non-hydrogen) atoms. The zero-order valence-corrected chi connectivity index (χ0v) is 17.6. The maximum Gasteiger partial charge on any atom is 0.115 e. The number of phenols is 2. The van der Waals surface area contributed by atoms with Gasteiger partial charge in [-0.1, -0.05) is 89.2 Å². The van der Waals surface area contributed by atoms with Gasteiger partial charge >= 0.3 is 0 Å². The predicted molar refractivity (Wildman–Crippen MR) is 119 cm³/mol. The lowest BCUT2D eigenvalue weighted by Gasteiger charge is -2.33. The first kappa shape index (κ1) is 21.6. The van der Waals surface area contributed by atoms with Crippen molar-refractivity contribution in [1.29, 1.82) is 0 Å². The van der Waals surface area contributed by atoms with Gasteiger partial charge < -0.3 is 10.2 Å². The van der Waals surface area contributed by atoms with Gasteiger partial charge in [-0.15, -0.1) is 0 Å². The predicted octanol–water partition coefficient (Wildman–Crippen LogP) is 7.17. The van der Waals surface area contributed by atoms with Crippen LogP contribution >= 0.6 is 0 Å². The molecule has 2 nitrogen and oxygen atoms in total. The molecule has 2 heteroatoms. The van der Waals surface area contributed by atoms with Crippen molar-refractivity contribution in [2.45, 2.75) is 46.5 Å². The third kappa shape index (κ3) is 6.77. The van der Waals surface area contributed by atoms with Gasteiger partial charge in [0.15, 0.2) is 0 Å². The smallest absolute Gasteiger partial charge is 0.115 e. The van der Waals surface area contributed by atoms with Gasteiger partial charge in [0.05, 0.1) is 0 Å². The van der Waals surface area contributed by atoms with E-state index in [2.05, 4.69) is 34.6 Å². The molecular formula is C26H32O2. The van der Waals surface area contributed by atoms with E-state index in [1.807, 2.05) is 54.6 Å². The third-order valence-electron chi connectivity index (χ3n) is 4.60. The van der Waals surface area contributed by atoms with Crippen LogP contribution in [0.2, 0.25) is 0 Å². The second-order valence-electron chi connectivity index (χ2n) is 9.08. The van der Waals surface area contributed by atoms with E-state index in [-0.39, 0.29) is 5.41 Å². The monoisotopic (exact) mass is 376 g/mol. The molecule has 0 amide bonds. The maximum atomic E-state index is 9.25. The van der Waals surface area contributed by atoms with E-state index in [1.54, 1.807) is 24.3 Å². The summed E-state index contributed by atoms with van der Waals surface area (Å²) in [6, 6.07) is 24.9. The first-order valence-electron chi connectivity index (χ1n) is 9.71.